The average Bonchev–Trinajstić information content (AvgIpc) is 2.90. The third-order valence-corrected chi connectivity index (χ3v) is 9.95. The monoisotopic (exact) mass is 534 g/mol. The van der Waals surface area contributed by atoms with Gasteiger partial charge in [-0.25, -0.2) is 0 Å². The Bertz CT molecular complexity index is 848. The molecule has 0 heterocycles. The molecule has 2 amide bonds. The number of nitrogens with one attached hydrogen (secondary N) is 2. The highest BCUT2D eigenvalue weighted by molar-refractivity contribution is 5.85. The zero-order valence-corrected chi connectivity index (χ0v) is 22.5. The molecule has 0 bridgehead atoms. The van der Waals surface area contributed by atoms with E-state index in [0.717, 1.165) is 64.2 Å². The molecule has 0 aromatic rings. The Morgan fingerprint density at radius 1 is 0.553 bits per heavy atom. The molecule has 4 saturated carbocycles. The molecule has 0 aliphatic heterocycles. The van der Waals surface area contributed by atoms with E-state index < -0.39 is 41.7 Å². The molecule has 38 heavy (non-hydrogen) atoms. The number of hydrogen-bond donors (Lipinski definition) is 5. The van der Waals surface area contributed by atoms with Crippen molar-refractivity contribution in [3.8, 4) is 0 Å². The second-order valence-corrected chi connectivity index (χ2v) is 12.5. The minimum absolute atomic E-state index is 0.0694. The van der Waals surface area contributed by atoms with E-state index in [9.17, 15) is 34.5 Å². The zero-order chi connectivity index (χ0) is 27.2. The Morgan fingerprint density at radius 3 is 1.47 bits per heavy atom. The number of carbonyl (C=O) groups excluding carboxylic acids is 2. The number of amides is 2. The first-order valence-electron chi connectivity index (χ1n) is 15.0. The highest BCUT2D eigenvalue weighted by atomic mass is 16.4. The Kier molecular flexibility index (Phi) is 10.1. The summed E-state index contributed by atoms with van der Waals surface area (Å²) in [5.74, 6) is -3.12. The minimum atomic E-state index is -1.000. The number of aliphatic hydroxyl groups excluding tert-OH is 1. The SMILES string of the molecule is O=C(O)C1CCCCC1C(=O)NC1CCC(CC2CCC(NC(=O)C3CCC(O)CC3C(=O)O)CC2)CC1. The smallest absolute Gasteiger partial charge is 0.307 e. The van der Waals surface area contributed by atoms with Crippen molar-refractivity contribution in [2.75, 3.05) is 0 Å². The standard InChI is InChI=1S/C29H46N2O7/c32-21-13-14-23(25(16-21)29(37)38)27(34)31-20-11-7-18(8-12-20)15-17-5-9-19(10-6-17)30-26(33)22-3-1-2-4-24(22)28(35)36/h17-25,32H,1-16H2,(H,30,33)(H,31,34)(H,35,36)(H,37,38). The summed E-state index contributed by atoms with van der Waals surface area (Å²) in [5, 5.41) is 35.1. The van der Waals surface area contributed by atoms with Crippen molar-refractivity contribution >= 4 is 23.8 Å². The van der Waals surface area contributed by atoms with Crippen LogP contribution in [0.1, 0.15) is 103 Å². The Balaban J connectivity index is 1.14. The van der Waals surface area contributed by atoms with E-state index in [2.05, 4.69) is 10.6 Å². The molecule has 4 aliphatic carbocycles. The summed E-state index contributed by atoms with van der Waals surface area (Å²) in [6, 6.07) is 0.247. The van der Waals surface area contributed by atoms with Crippen molar-refractivity contribution < 1.29 is 34.5 Å². The summed E-state index contributed by atoms with van der Waals surface area (Å²) in [6.45, 7) is 0. The number of carbonyl (C=O) groups is 4. The van der Waals surface area contributed by atoms with Gasteiger partial charge < -0.3 is 26.0 Å². The van der Waals surface area contributed by atoms with Gasteiger partial charge in [0.15, 0.2) is 0 Å². The lowest BCUT2D eigenvalue weighted by Gasteiger charge is -2.36. The van der Waals surface area contributed by atoms with Crippen molar-refractivity contribution in [2.24, 2.45) is 35.5 Å². The molecule has 5 atom stereocenters. The second kappa shape index (κ2) is 13.3. The quantitative estimate of drug-likeness (QED) is 0.319. The first-order chi connectivity index (χ1) is 18.2. The normalized spacial score (nSPS) is 38.1. The van der Waals surface area contributed by atoms with Gasteiger partial charge in [-0.2, -0.15) is 0 Å². The number of aliphatic carboxylic acids is 2. The average molecular weight is 535 g/mol. The van der Waals surface area contributed by atoms with Crippen molar-refractivity contribution in [1.29, 1.82) is 0 Å². The van der Waals surface area contributed by atoms with Crippen LogP contribution in [-0.2, 0) is 19.2 Å². The fraction of sp³-hybridized carbons (Fsp3) is 0.862. The summed E-state index contributed by atoms with van der Waals surface area (Å²) in [4.78, 5) is 48.8. The lowest BCUT2D eigenvalue weighted by molar-refractivity contribution is -0.151. The van der Waals surface area contributed by atoms with Gasteiger partial charge >= 0.3 is 11.9 Å². The Labute approximate surface area is 225 Å². The molecule has 9 heteroatoms. The highest BCUT2D eigenvalue weighted by Crippen LogP contribution is 2.37. The van der Waals surface area contributed by atoms with E-state index in [1.54, 1.807) is 0 Å². The zero-order valence-electron chi connectivity index (χ0n) is 22.5. The molecule has 0 aromatic carbocycles. The Morgan fingerprint density at radius 2 is 1.00 bits per heavy atom. The summed E-state index contributed by atoms with van der Waals surface area (Å²) < 4.78 is 0. The highest BCUT2D eigenvalue weighted by Gasteiger charge is 2.40. The molecule has 214 valence electrons. The number of hydrogen-bond acceptors (Lipinski definition) is 5. The molecule has 4 aliphatic rings. The Hall–Kier alpha value is -2.16. The molecule has 0 radical (unpaired) electrons. The maximum absolute atomic E-state index is 12.8. The summed E-state index contributed by atoms with van der Waals surface area (Å²) in [5.41, 5.74) is 0. The molecule has 4 fully saturated rings. The van der Waals surface area contributed by atoms with Gasteiger partial charge in [-0.3, -0.25) is 19.2 Å². The molecular formula is C29H46N2O7. The van der Waals surface area contributed by atoms with Crippen molar-refractivity contribution in [3.63, 3.8) is 0 Å². The number of carboxylic acid groups (broad SMARTS) is 2. The number of rotatable bonds is 8. The summed E-state index contributed by atoms with van der Waals surface area (Å²) in [7, 11) is 0. The summed E-state index contributed by atoms with van der Waals surface area (Å²) in [6.07, 6.45) is 12.7. The van der Waals surface area contributed by atoms with Crippen LogP contribution in [0.3, 0.4) is 0 Å². The lowest BCUT2D eigenvalue weighted by Crippen LogP contribution is -2.46. The predicted octanol–water partition coefficient (Wildman–Crippen LogP) is 3.48. The minimum Gasteiger partial charge on any atom is -0.481 e. The van der Waals surface area contributed by atoms with Gasteiger partial charge in [-0.05, 0) is 102 Å². The van der Waals surface area contributed by atoms with Crippen LogP contribution in [0.5, 0.6) is 0 Å². The first-order valence-corrected chi connectivity index (χ1v) is 15.0. The van der Waals surface area contributed by atoms with Crippen LogP contribution in [0.4, 0.5) is 0 Å². The number of carboxylic acids is 2. The van der Waals surface area contributed by atoms with Crippen molar-refractivity contribution in [2.45, 2.75) is 121 Å². The maximum atomic E-state index is 12.8. The lowest BCUT2D eigenvalue weighted by atomic mass is 9.75. The topological polar surface area (TPSA) is 153 Å². The van der Waals surface area contributed by atoms with Gasteiger partial charge in [0.2, 0.25) is 11.8 Å². The van der Waals surface area contributed by atoms with Gasteiger partial charge in [0.05, 0.1) is 29.8 Å². The van der Waals surface area contributed by atoms with Crippen molar-refractivity contribution in [3.05, 3.63) is 0 Å². The number of aliphatic hydroxyl groups is 1. The van der Waals surface area contributed by atoms with Crippen LogP contribution < -0.4 is 10.6 Å². The molecular weight excluding hydrogens is 488 g/mol. The van der Waals surface area contributed by atoms with Crippen molar-refractivity contribution in [1.82, 2.24) is 10.6 Å². The van der Waals surface area contributed by atoms with Crippen LogP contribution in [0, 0.1) is 35.5 Å². The molecule has 0 spiro atoms. The van der Waals surface area contributed by atoms with E-state index in [4.69, 9.17) is 0 Å². The largest absolute Gasteiger partial charge is 0.481 e. The van der Waals surface area contributed by atoms with Crippen LogP contribution in [0.2, 0.25) is 0 Å². The first kappa shape index (κ1) is 28.8. The molecule has 0 saturated heterocycles. The summed E-state index contributed by atoms with van der Waals surface area (Å²) >= 11 is 0. The molecule has 5 N–H and O–H groups in total. The van der Waals surface area contributed by atoms with E-state index in [-0.39, 0.29) is 30.3 Å². The third kappa shape index (κ3) is 7.48. The fourth-order valence-electron chi connectivity index (χ4n) is 7.65. The second-order valence-electron chi connectivity index (χ2n) is 12.5. The van der Waals surface area contributed by atoms with Crippen LogP contribution in [0.15, 0.2) is 0 Å². The van der Waals surface area contributed by atoms with Crippen LogP contribution in [-0.4, -0.2) is 57.3 Å². The molecule has 9 nitrogen and oxygen atoms in total. The van der Waals surface area contributed by atoms with Gasteiger partial charge in [0.25, 0.3) is 0 Å². The van der Waals surface area contributed by atoms with E-state index in [1.807, 2.05) is 0 Å². The van der Waals surface area contributed by atoms with Gasteiger partial charge in [-0.15, -0.1) is 0 Å². The fourth-order valence-corrected chi connectivity index (χ4v) is 7.65. The molecule has 0 aromatic heterocycles. The van der Waals surface area contributed by atoms with Crippen LogP contribution >= 0.6 is 0 Å². The maximum Gasteiger partial charge on any atom is 0.307 e. The van der Waals surface area contributed by atoms with Gasteiger partial charge in [-0.1, -0.05) is 12.8 Å². The predicted molar refractivity (Wildman–Crippen MR) is 140 cm³/mol. The van der Waals surface area contributed by atoms with Gasteiger partial charge in [0, 0.05) is 12.1 Å². The third-order valence-electron chi connectivity index (χ3n) is 9.95. The van der Waals surface area contributed by atoms with Crippen LogP contribution in [0.25, 0.3) is 0 Å². The molecule has 5 unspecified atom stereocenters. The van der Waals surface area contributed by atoms with Gasteiger partial charge in [0.1, 0.15) is 0 Å². The van der Waals surface area contributed by atoms with E-state index in [1.165, 1.54) is 6.42 Å². The van der Waals surface area contributed by atoms with E-state index in [0.29, 0.717) is 37.5 Å². The molecule has 4 rings (SSSR count). The van der Waals surface area contributed by atoms with E-state index >= 15 is 0 Å².